The number of ether oxygens (including phenoxy) is 1. The molecule has 0 aliphatic carbocycles. The molecule has 0 aliphatic rings. The first-order valence-electron chi connectivity index (χ1n) is 6.32. The Morgan fingerprint density at radius 3 is 2.10 bits per heavy atom. The number of carbonyl (C=O) groups is 1. The third-order valence-corrected chi connectivity index (χ3v) is 3.81. The minimum absolute atomic E-state index is 0.318. The summed E-state index contributed by atoms with van der Waals surface area (Å²) in [6.45, 7) is 0.318. The molecule has 104 valence electrons. The van der Waals surface area contributed by atoms with Crippen LogP contribution >= 0.6 is 25.3 Å². The highest BCUT2D eigenvalue weighted by molar-refractivity contribution is 8.01. The molecule has 0 saturated heterocycles. The molecule has 4 heteroatoms. The van der Waals surface area contributed by atoms with Crippen LogP contribution in [0.1, 0.15) is 11.1 Å². The van der Waals surface area contributed by atoms with Crippen molar-refractivity contribution in [3.8, 4) is 0 Å². The number of rotatable bonds is 5. The fraction of sp³-hybridized carbons (Fsp3) is 0.188. The minimum atomic E-state index is -1.22. The first-order valence-corrected chi connectivity index (χ1v) is 7.21. The SMILES string of the molecule is O=C(OCCc1ccccc1)C(S)(S)c1ccccc1. The second-order valence-electron chi connectivity index (χ2n) is 4.41. The van der Waals surface area contributed by atoms with Crippen molar-refractivity contribution in [1.29, 1.82) is 0 Å². The van der Waals surface area contributed by atoms with Crippen LogP contribution in [0.3, 0.4) is 0 Å². The first-order chi connectivity index (χ1) is 9.60. The van der Waals surface area contributed by atoms with Gasteiger partial charge in [0.25, 0.3) is 0 Å². The molecule has 0 aliphatic heterocycles. The van der Waals surface area contributed by atoms with Gasteiger partial charge in [0, 0.05) is 6.42 Å². The van der Waals surface area contributed by atoms with Gasteiger partial charge >= 0.3 is 5.97 Å². The van der Waals surface area contributed by atoms with Gasteiger partial charge in [-0.3, -0.25) is 0 Å². The van der Waals surface area contributed by atoms with Crippen molar-refractivity contribution in [2.45, 2.75) is 10.5 Å². The van der Waals surface area contributed by atoms with Gasteiger partial charge < -0.3 is 4.74 Å². The third kappa shape index (κ3) is 3.81. The van der Waals surface area contributed by atoms with E-state index in [0.717, 1.165) is 5.56 Å². The van der Waals surface area contributed by atoms with Crippen molar-refractivity contribution in [1.82, 2.24) is 0 Å². The highest BCUT2D eigenvalue weighted by Gasteiger charge is 2.33. The summed E-state index contributed by atoms with van der Waals surface area (Å²) in [6.07, 6.45) is 0.680. The predicted molar refractivity (Wildman–Crippen MR) is 87.2 cm³/mol. The molecule has 2 rings (SSSR count). The van der Waals surface area contributed by atoms with Crippen LogP contribution in [0.4, 0.5) is 0 Å². The van der Waals surface area contributed by atoms with Crippen molar-refractivity contribution >= 4 is 31.2 Å². The van der Waals surface area contributed by atoms with E-state index in [1.165, 1.54) is 0 Å². The Balaban J connectivity index is 1.91. The zero-order chi connectivity index (χ0) is 14.4. The van der Waals surface area contributed by atoms with E-state index in [-0.39, 0.29) is 0 Å². The molecule has 0 heterocycles. The Labute approximate surface area is 130 Å². The van der Waals surface area contributed by atoms with E-state index in [1.807, 2.05) is 48.5 Å². The molecule has 0 atom stereocenters. The highest BCUT2D eigenvalue weighted by Crippen LogP contribution is 2.34. The summed E-state index contributed by atoms with van der Waals surface area (Å²) in [7, 11) is 0. The van der Waals surface area contributed by atoms with Crippen molar-refractivity contribution < 1.29 is 9.53 Å². The van der Waals surface area contributed by atoms with Gasteiger partial charge in [0.05, 0.1) is 6.61 Å². The number of esters is 1. The van der Waals surface area contributed by atoms with E-state index < -0.39 is 10.0 Å². The summed E-state index contributed by atoms with van der Waals surface area (Å²) >= 11 is 8.64. The fourth-order valence-corrected chi connectivity index (χ4v) is 2.22. The van der Waals surface area contributed by atoms with E-state index in [4.69, 9.17) is 4.74 Å². The summed E-state index contributed by atoms with van der Waals surface area (Å²) in [4.78, 5) is 12.1. The molecular weight excluding hydrogens is 288 g/mol. The second kappa shape index (κ2) is 6.86. The van der Waals surface area contributed by atoms with E-state index in [0.29, 0.717) is 18.6 Å². The minimum Gasteiger partial charge on any atom is -0.463 e. The predicted octanol–water partition coefficient (Wildman–Crippen LogP) is 3.48. The van der Waals surface area contributed by atoms with Crippen LogP contribution in [0.25, 0.3) is 0 Å². The van der Waals surface area contributed by atoms with Crippen LogP contribution in [-0.2, 0) is 20.0 Å². The second-order valence-corrected chi connectivity index (χ2v) is 6.10. The summed E-state index contributed by atoms with van der Waals surface area (Å²) in [5, 5.41) is 0. The quantitative estimate of drug-likeness (QED) is 0.502. The molecule has 0 fully saturated rings. The van der Waals surface area contributed by atoms with E-state index in [2.05, 4.69) is 25.3 Å². The van der Waals surface area contributed by atoms with Crippen LogP contribution < -0.4 is 0 Å². The van der Waals surface area contributed by atoms with E-state index in [1.54, 1.807) is 12.1 Å². The van der Waals surface area contributed by atoms with E-state index >= 15 is 0 Å². The Hall–Kier alpha value is -1.39. The monoisotopic (exact) mass is 304 g/mol. The molecule has 0 bridgehead atoms. The van der Waals surface area contributed by atoms with Crippen molar-refractivity contribution in [3.05, 3.63) is 71.8 Å². The van der Waals surface area contributed by atoms with Crippen LogP contribution in [0.5, 0.6) is 0 Å². The van der Waals surface area contributed by atoms with Gasteiger partial charge in [-0.05, 0) is 11.1 Å². The van der Waals surface area contributed by atoms with Gasteiger partial charge in [-0.1, -0.05) is 60.7 Å². The molecule has 20 heavy (non-hydrogen) atoms. The lowest BCUT2D eigenvalue weighted by atomic mass is 10.1. The Kier molecular flexibility index (Phi) is 5.15. The van der Waals surface area contributed by atoms with Crippen molar-refractivity contribution in [3.63, 3.8) is 0 Å². The number of hydrogen-bond donors (Lipinski definition) is 2. The maximum absolute atomic E-state index is 12.1. The number of benzene rings is 2. The summed E-state index contributed by atoms with van der Waals surface area (Å²) in [5.74, 6) is -0.453. The normalized spacial score (nSPS) is 11.1. The fourth-order valence-electron chi connectivity index (χ4n) is 1.80. The number of hydrogen-bond acceptors (Lipinski definition) is 4. The molecule has 0 amide bonds. The molecule has 2 nitrogen and oxygen atoms in total. The molecular formula is C16H16O2S2. The highest BCUT2D eigenvalue weighted by atomic mass is 32.2. The molecule has 0 aromatic heterocycles. The molecule has 2 aromatic carbocycles. The van der Waals surface area contributed by atoms with Crippen LogP contribution in [0.15, 0.2) is 60.7 Å². The average molecular weight is 304 g/mol. The average Bonchev–Trinajstić information content (AvgIpc) is 2.49. The standard InChI is InChI=1S/C16H16O2S2/c17-15(16(19,20)14-9-5-2-6-10-14)18-12-11-13-7-3-1-4-8-13/h1-10,19-20H,11-12H2. The topological polar surface area (TPSA) is 26.3 Å². The van der Waals surface area contributed by atoms with Gasteiger partial charge in [0.15, 0.2) is 4.08 Å². The van der Waals surface area contributed by atoms with Crippen LogP contribution in [-0.4, -0.2) is 12.6 Å². The first kappa shape index (κ1) is 15.0. The van der Waals surface area contributed by atoms with Crippen molar-refractivity contribution in [2.75, 3.05) is 6.61 Å². The molecule has 0 saturated carbocycles. The van der Waals surface area contributed by atoms with Gasteiger partial charge in [-0.15, -0.1) is 25.3 Å². The van der Waals surface area contributed by atoms with Gasteiger partial charge in [0.1, 0.15) is 0 Å². The third-order valence-electron chi connectivity index (χ3n) is 2.93. The number of carbonyl (C=O) groups excluding carboxylic acids is 1. The van der Waals surface area contributed by atoms with Crippen LogP contribution in [0.2, 0.25) is 0 Å². The Morgan fingerprint density at radius 1 is 0.950 bits per heavy atom. The summed E-state index contributed by atoms with van der Waals surface area (Å²) < 4.78 is 4.05. The molecule has 0 radical (unpaired) electrons. The lowest BCUT2D eigenvalue weighted by Crippen LogP contribution is -2.27. The lowest BCUT2D eigenvalue weighted by molar-refractivity contribution is -0.144. The summed E-state index contributed by atoms with van der Waals surface area (Å²) in [5.41, 5.74) is 1.83. The van der Waals surface area contributed by atoms with Gasteiger partial charge in [0.2, 0.25) is 0 Å². The maximum Gasteiger partial charge on any atom is 0.336 e. The zero-order valence-electron chi connectivity index (χ0n) is 10.9. The molecule has 2 aromatic rings. The lowest BCUT2D eigenvalue weighted by Gasteiger charge is -2.21. The zero-order valence-corrected chi connectivity index (χ0v) is 12.7. The summed E-state index contributed by atoms with van der Waals surface area (Å²) in [6, 6.07) is 19.0. The maximum atomic E-state index is 12.1. The van der Waals surface area contributed by atoms with Crippen LogP contribution in [0, 0.1) is 0 Å². The van der Waals surface area contributed by atoms with E-state index in [9.17, 15) is 4.79 Å². The van der Waals surface area contributed by atoms with Gasteiger partial charge in [-0.25, -0.2) is 4.79 Å². The number of thiol groups is 2. The Morgan fingerprint density at radius 2 is 1.50 bits per heavy atom. The van der Waals surface area contributed by atoms with Crippen molar-refractivity contribution in [2.24, 2.45) is 0 Å². The molecule has 0 unspecified atom stereocenters. The van der Waals surface area contributed by atoms with Gasteiger partial charge in [-0.2, -0.15) is 0 Å². The molecule has 0 N–H and O–H groups in total. The largest absolute Gasteiger partial charge is 0.463 e. The smallest absolute Gasteiger partial charge is 0.336 e. The molecule has 0 spiro atoms. The Bertz CT molecular complexity index is 553.